The Morgan fingerprint density at radius 1 is 1.11 bits per heavy atom. The van der Waals surface area contributed by atoms with Crippen LogP contribution in [-0.4, -0.2) is 33.8 Å². The third kappa shape index (κ3) is 5.56. The van der Waals surface area contributed by atoms with Gasteiger partial charge in [0, 0.05) is 31.9 Å². The smallest absolute Gasteiger partial charge is 0.270 e. The van der Waals surface area contributed by atoms with E-state index in [-0.39, 0.29) is 11.8 Å². The quantitative estimate of drug-likeness (QED) is 0.308. The summed E-state index contributed by atoms with van der Waals surface area (Å²) in [6.45, 7) is 3.72. The van der Waals surface area contributed by atoms with Crippen LogP contribution in [0.1, 0.15) is 53.8 Å². The van der Waals surface area contributed by atoms with Crippen molar-refractivity contribution in [1.29, 1.82) is 0 Å². The highest BCUT2D eigenvalue weighted by Crippen LogP contribution is 2.29. The second-order valence-corrected chi connectivity index (χ2v) is 9.51. The summed E-state index contributed by atoms with van der Waals surface area (Å²) in [6.07, 6.45) is 4.83. The number of nitrogens with one attached hydrogen (secondary N) is 2. The van der Waals surface area contributed by atoms with Crippen LogP contribution in [0.2, 0.25) is 0 Å². The molecule has 4 rings (SSSR count). The Morgan fingerprint density at radius 2 is 1.86 bits per heavy atom. The van der Waals surface area contributed by atoms with Crippen molar-refractivity contribution in [2.24, 2.45) is 13.0 Å². The van der Waals surface area contributed by atoms with Crippen molar-refractivity contribution < 1.29 is 18.7 Å². The number of hydrogen-bond donors (Lipinski definition) is 2. The fraction of sp³-hybridized carbons (Fsp3) is 0.407. The van der Waals surface area contributed by atoms with Crippen molar-refractivity contribution in [3.05, 3.63) is 71.0 Å². The fourth-order valence-corrected chi connectivity index (χ4v) is 4.97. The second kappa shape index (κ2) is 10.9. The van der Waals surface area contributed by atoms with Crippen LogP contribution in [0, 0.1) is 25.0 Å². The SMILES string of the molecule is Cc1cc[n+]([O-])c(C)c1-c1ccc(NC(=O)[C@@H](NC(=O)c2ccnn2C)[C@H]2CCC[C@H](F)CC2)cc1. The first kappa shape index (κ1) is 25.3. The molecule has 190 valence electrons. The van der Waals surface area contributed by atoms with Gasteiger partial charge in [-0.1, -0.05) is 18.6 Å². The average molecular weight is 494 g/mol. The first-order valence-corrected chi connectivity index (χ1v) is 12.3. The summed E-state index contributed by atoms with van der Waals surface area (Å²) in [5.74, 6) is -0.915. The standard InChI is InChI=1S/C27H32FN5O3/c1-17-14-16-33(36)18(2)24(17)19-8-11-22(12-9-19)30-27(35)25(20-5-4-6-21(28)10-7-20)31-26(34)23-13-15-29-32(23)3/h8-9,11-16,20-21,25H,4-7,10H2,1-3H3,(H,30,35)(H,31,34)/t20-,21-,25-/m0/s1. The van der Waals surface area contributed by atoms with Crippen LogP contribution in [-0.2, 0) is 11.8 Å². The van der Waals surface area contributed by atoms with Gasteiger partial charge < -0.3 is 15.8 Å². The lowest BCUT2D eigenvalue weighted by molar-refractivity contribution is -0.611. The normalized spacial score (nSPS) is 18.8. The van der Waals surface area contributed by atoms with Gasteiger partial charge >= 0.3 is 0 Å². The van der Waals surface area contributed by atoms with Gasteiger partial charge in [0.05, 0.1) is 5.56 Å². The number of benzene rings is 1. The van der Waals surface area contributed by atoms with E-state index in [1.165, 1.54) is 17.1 Å². The van der Waals surface area contributed by atoms with Crippen LogP contribution in [0.5, 0.6) is 0 Å². The summed E-state index contributed by atoms with van der Waals surface area (Å²) in [4.78, 5) is 26.3. The molecule has 0 saturated heterocycles. The molecule has 1 aromatic carbocycles. The predicted molar refractivity (Wildman–Crippen MR) is 135 cm³/mol. The van der Waals surface area contributed by atoms with E-state index < -0.39 is 18.1 Å². The summed E-state index contributed by atoms with van der Waals surface area (Å²) >= 11 is 0. The number of pyridine rings is 1. The van der Waals surface area contributed by atoms with E-state index in [1.807, 2.05) is 19.1 Å². The zero-order valence-electron chi connectivity index (χ0n) is 20.8. The van der Waals surface area contributed by atoms with Gasteiger partial charge in [-0.25, -0.2) is 4.39 Å². The summed E-state index contributed by atoms with van der Waals surface area (Å²) < 4.78 is 16.3. The van der Waals surface area contributed by atoms with Crippen molar-refractivity contribution in [3.8, 4) is 11.1 Å². The molecule has 1 saturated carbocycles. The second-order valence-electron chi connectivity index (χ2n) is 9.51. The average Bonchev–Trinajstić information content (AvgIpc) is 3.17. The molecular formula is C27H32FN5O3. The molecule has 0 unspecified atom stereocenters. The summed E-state index contributed by atoms with van der Waals surface area (Å²) in [5, 5.41) is 21.9. The van der Waals surface area contributed by atoms with E-state index >= 15 is 0 Å². The molecule has 2 aromatic heterocycles. The van der Waals surface area contributed by atoms with Crippen LogP contribution in [0.15, 0.2) is 48.8 Å². The van der Waals surface area contributed by atoms with Crippen LogP contribution >= 0.6 is 0 Å². The molecule has 3 atom stereocenters. The van der Waals surface area contributed by atoms with Gasteiger partial charge in [-0.05, 0) is 67.9 Å². The zero-order chi connectivity index (χ0) is 25.8. The van der Waals surface area contributed by atoms with Crippen LogP contribution in [0.25, 0.3) is 11.1 Å². The third-order valence-electron chi connectivity index (χ3n) is 7.02. The number of carbonyl (C=O) groups is 2. The molecule has 8 nitrogen and oxygen atoms in total. The van der Waals surface area contributed by atoms with E-state index in [4.69, 9.17) is 0 Å². The number of amides is 2. The molecule has 1 fully saturated rings. The first-order chi connectivity index (χ1) is 17.2. The molecule has 1 aliphatic carbocycles. The van der Waals surface area contributed by atoms with Crippen LogP contribution < -0.4 is 15.4 Å². The van der Waals surface area contributed by atoms with Gasteiger partial charge in [-0.2, -0.15) is 9.83 Å². The molecular weight excluding hydrogens is 461 g/mol. The Kier molecular flexibility index (Phi) is 7.67. The topological polar surface area (TPSA) is 103 Å². The van der Waals surface area contributed by atoms with E-state index in [0.29, 0.717) is 49.2 Å². The summed E-state index contributed by atoms with van der Waals surface area (Å²) in [6, 6.07) is 9.82. The van der Waals surface area contributed by atoms with Gasteiger partial charge in [0.25, 0.3) is 5.91 Å². The number of rotatable bonds is 6. The van der Waals surface area contributed by atoms with Crippen molar-refractivity contribution in [3.63, 3.8) is 0 Å². The number of halogens is 1. The van der Waals surface area contributed by atoms with Gasteiger partial charge in [0.2, 0.25) is 5.91 Å². The minimum Gasteiger partial charge on any atom is -0.618 e. The van der Waals surface area contributed by atoms with E-state index in [2.05, 4.69) is 15.7 Å². The lowest BCUT2D eigenvalue weighted by atomic mass is 9.90. The Balaban J connectivity index is 1.54. The molecule has 36 heavy (non-hydrogen) atoms. The van der Waals surface area contributed by atoms with Crippen LogP contribution in [0.4, 0.5) is 10.1 Å². The Bertz CT molecular complexity index is 1240. The Morgan fingerprint density at radius 3 is 2.56 bits per heavy atom. The molecule has 2 amide bonds. The maximum atomic E-state index is 14.0. The predicted octanol–water partition coefficient (Wildman–Crippen LogP) is 3.99. The highest BCUT2D eigenvalue weighted by Gasteiger charge is 2.33. The van der Waals surface area contributed by atoms with E-state index in [1.54, 1.807) is 38.2 Å². The lowest BCUT2D eigenvalue weighted by Gasteiger charge is -2.26. The first-order valence-electron chi connectivity index (χ1n) is 12.3. The lowest BCUT2D eigenvalue weighted by Crippen LogP contribution is -2.49. The molecule has 3 aromatic rings. The highest BCUT2D eigenvalue weighted by atomic mass is 19.1. The van der Waals surface area contributed by atoms with E-state index in [9.17, 15) is 19.2 Å². The van der Waals surface area contributed by atoms with Crippen molar-refractivity contribution >= 4 is 17.5 Å². The molecule has 9 heteroatoms. The maximum absolute atomic E-state index is 14.0. The third-order valence-corrected chi connectivity index (χ3v) is 7.02. The number of carbonyl (C=O) groups excluding carboxylic acids is 2. The molecule has 0 spiro atoms. The van der Waals surface area contributed by atoms with Crippen LogP contribution in [0.3, 0.4) is 0 Å². The van der Waals surface area contributed by atoms with Gasteiger partial charge in [0.15, 0.2) is 11.9 Å². The number of aryl methyl sites for hydroxylation is 2. The summed E-state index contributed by atoms with van der Waals surface area (Å²) in [5.41, 5.74) is 4.22. The van der Waals surface area contributed by atoms with Crippen molar-refractivity contribution in [2.75, 3.05) is 5.32 Å². The van der Waals surface area contributed by atoms with Gasteiger partial charge in [0.1, 0.15) is 17.9 Å². The largest absolute Gasteiger partial charge is 0.618 e. The van der Waals surface area contributed by atoms with Gasteiger partial charge in [-0.3, -0.25) is 14.3 Å². The molecule has 0 aliphatic heterocycles. The molecule has 2 N–H and O–H groups in total. The maximum Gasteiger partial charge on any atom is 0.270 e. The molecule has 1 aliphatic rings. The Labute approximate surface area is 210 Å². The molecule has 2 heterocycles. The Hall–Kier alpha value is -3.75. The minimum atomic E-state index is -0.878. The zero-order valence-corrected chi connectivity index (χ0v) is 20.8. The number of anilines is 1. The highest BCUT2D eigenvalue weighted by molar-refractivity contribution is 6.00. The van der Waals surface area contributed by atoms with E-state index in [0.717, 1.165) is 21.4 Å². The number of alkyl halides is 1. The van der Waals surface area contributed by atoms with Gasteiger partial charge in [-0.15, -0.1) is 0 Å². The molecule has 0 radical (unpaired) electrons. The summed E-state index contributed by atoms with van der Waals surface area (Å²) in [7, 11) is 1.66. The van der Waals surface area contributed by atoms with Crippen molar-refractivity contribution in [2.45, 2.75) is 58.2 Å². The number of hydrogen-bond acceptors (Lipinski definition) is 4. The number of aromatic nitrogens is 3. The monoisotopic (exact) mass is 493 g/mol. The minimum absolute atomic E-state index is 0.177. The number of nitrogens with zero attached hydrogens (tertiary/aromatic N) is 3. The fourth-order valence-electron chi connectivity index (χ4n) is 4.97. The molecule has 0 bridgehead atoms. The van der Waals surface area contributed by atoms with Crippen molar-refractivity contribution in [1.82, 2.24) is 15.1 Å².